The van der Waals surface area contributed by atoms with E-state index in [1.807, 2.05) is 25.1 Å². The number of methoxy groups -OCH3 is 1. The van der Waals surface area contributed by atoms with Crippen LogP contribution in [-0.2, 0) is 0 Å². The van der Waals surface area contributed by atoms with Crippen LogP contribution in [0.25, 0.3) is 0 Å². The largest absolute Gasteiger partial charge is 0.495 e. The average molecular weight is 342 g/mol. The minimum Gasteiger partial charge on any atom is -0.495 e. The molecule has 0 saturated heterocycles. The van der Waals surface area contributed by atoms with E-state index in [4.69, 9.17) is 4.74 Å². The van der Waals surface area contributed by atoms with Gasteiger partial charge in [0.1, 0.15) is 17.1 Å². The molecule has 0 fully saturated rings. The van der Waals surface area contributed by atoms with Gasteiger partial charge in [-0.05, 0) is 38.4 Å². The zero-order chi connectivity index (χ0) is 18.2. The monoisotopic (exact) mass is 342 g/mol. The fraction of sp³-hybridized carbons (Fsp3) is 0.278. The zero-order valence-electron chi connectivity index (χ0n) is 14.6. The zero-order valence-corrected chi connectivity index (χ0v) is 14.6. The summed E-state index contributed by atoms with van der Waals surface area (Å²) >= 11 is 0. The highest BCUT2D eigenvalue weighted by atomic mass is 16.5. The third-order valence-corrected chi connectivity index (χ3v) is 3.41. The van der Waals surface area contributed by atoms with Crippen molar-refractivity contribution in [1.29, 1.82) is 0 Å². The first kappa shape index (κ1) is 18.4. The predicted octanol–water partition coefficient (Wildman–Crippen LogP) is 1.63. The number of hydrogen-bond acceptors (Lipinski definition) is 5. The number of benzene rings is 1. The Morgan fingerprint density at radius 2 is 1.72 bits per heavy atom. The highest BCUT2D eigenvalue weighted by Gasteiger charge is 2.14. The summed E-state index contributed by atoms with van der Waals surface area (Å²) in [5.74, 6) is -0.172. The van der Waals surface area contributed by atoms with Gasteiger partial charge in [0, 0.05) is 13.1 Å². The molecule has 0 bridgehead atoms. The Hall–Kier alpha value is -2.93. The molecule has 0 aliphatic rings. The van der Waals surface area contributed by atoms with Crippen molar-refractivity contribution in [3.8, 4) is 5.75 Å². The van der Waals surface area contributed by atoms with Crippen LogP contribution < -0.4 is 15.4 Å². The fourth-order valence-electron chi connectivity index (χ4n) is 2.11. The van der Waals surface area contributed by atoms with Crippen molar-refractivity contribution in [1.82, 2.24) is 15.2 Å². The Kier molecular flexibility index (Phi) is 6.47. The van der Waals surface area contributed by atoms with E-state index < -0.39 is 5.91 Å². The average Bonchev–Trinajstić information content (AvgIpc) is 2.61. The Balaban J connectivity index is 2.07. The van der Waals surface area contributed by atoms with Crippen LogP contribution in [-0.4, -0.2) is 56.0 Å². The summed E-state index contributed by atoms with van der Waals surface area (Å²) in [5.41, 5.74) is 0.898. The maximum Gasteiger partial charge on any atom is 0.274 e. The van der Waals surface area contributed by atoms with Crippen LogP contribution >= 0.6 is 0 Å². The van der Waals surface area contributed by atoms with Crippen LogP contribution in [0.5, 0.6) is 5.75 Å². The molecule has 132 valence electrons. The standard InChI is InChI=1S/C18H22N4O3/c1-22(2)12-11-19-17(23)14-8-6-9-15(20-14)18(24)21-13-7-4-5-10-16(13)25-3/h4-10H,11-12H2,1-3H3,(H,19,23)(H,21,24). The number of para-hydroxylation sites is 2. The first-order valence-corrected chi connectivity index (χ1v) is 7.85. The lowest BCUT2D eigenvalue weighted by Crippen LogP contribution is -2.32. The van der Waals surface area contributed by atoms with Crippen LogP contribution in [0.2, 0.25) is 0 Å². The van der Waals surface area contributed by atoms with Gasteiger partial charge in [-0.3, -0.25) is 9.59 Å². The topological polar surface area (TPSA) is 83.6 Å². The summed E-state index contributed by atoms with van der Waals surface area (Å²) in [6.45, 7) is 1.23. The number of anilines is 1. The summed E-state index contributed by atoms with van der Waals surface area (Å²) in [5, 5.41) is 5.51. The smallest absolute Gasteiger partial charge is 0.274 e. The van der Waals surface area contributed by atoms with Gasteiger partial charge in [-0.25, -0.2) is 4.98 Å². The normalized spacial score (nSPS) is 10.4. The van der Waals surface area contributed by atoms with Crippen molar-refractivity contribution in [2.75, 3.05) is 39.6 Å². The highest BCUT2D eigenvalue weighted by Crippen LogP contribution is 2.23. The number of amides is 2. The van der Waals surface area contributed by atoms with Gasteiger partial charge in [0.05, 0.1) is 12.8 Å². The molecule has 0 radical (unpaired) electrons. The summed E-state index contributed by atoms with van der Waals surface area (Å²) in [7, 11) is 5.38. The SMILES string of the molecule is COc1ccccc1NC(=O)c1cccc(C(=O)NCCN(C)C)n1. The molecule has 0 unspecified atom stereocenters. The molecule has 0 saturated carbocycles. The van der Waals surface area contributed by atoms with E-state index in [2.05, 4.69) is 15.6 Å². The number of ether oxygens (including phenoxy) is 1. The first-order chi connectivity index (χ1) is 12.0. The van der Waals surface area contributed by atoms with E-state index in [1.54, 1.807) is 36.4 Å². The van der Waals surface area contributed by atoms with Crippen molar-refractivity contribution >= 4 is 17.5 Å². The number of aromatic nitrogens is 1. The van der Waals surface area contributed by atoms with Crippen molar-refractivity contribution in [3.05, 3.63) is 53.9 Å². The summed E-state index contributed by atoms with van der Waals surface area (Å²) < 4.78 is 5.20. The van der Waals surface area contributed by atoms with Gasteiger partial charge in [-0.2, -0.15) is 0 Å². The lowest BCUT2D eigenvalue weighted by Gasteiger charge is -2.11. The van der Waals surface area contributed by atoms with E-state index in [9.17, 15) is 9.59 Å². The van der Waals surface area contributed by atoms with E-state index >= 15 is 0 Å². The Bertz CT molecular complexity index is 747. The van der Waals surface area contributed by atoms with Gasteiger partial charge in [-0.1, -0.05) is 18.2 Å². The molecule has 1 aromatic heterocycles. The van der Waals surface area contributed by atoms with Crippen LogP contribution in [0.15, 0.2) is 42.5 Å². The number of likely N-dealkylation sites (N-methyl/N-ethyl adjacent to an activating group) is 1. The number of carbonyl (C=O) groups is 2. The second-order valence-electron chi connectivity index (χ2n) is 5.62. The molecule has 0 aliphatic heterocycles. The third kappa shape index (κ3) is 5.29. The molecule has 1 aromatic carbocycles. The second-order valence-corrected chi connectivity index (χ2v) is 5.62. The van der Waals surface area contributed by atoms with Crippen LogP contribution in [0, 0.1) is 0 Å². The summed E-state index contributed by atoms with van der Waals surface area (Å²) in [6, 6.07) is 11.8. The van der Waals surface area contributed by atoms with Gasteiger partial charge in [0.15, 0.2) is 0 Å². The second kappa shape index (κ2) is 8.79. The van der Waals surface area contributed by atoms with Crippen LogP contribution in [0.3, 0.4) is 0 Å². The Morgan fingerprint density at radius 3 is 2.40 bits per heavy atom. The maximum atomic E-state index is 12.4. The lowest BCUT2D eigenvalue weighted by atomic mass is 10.2. The predicted molar refractivity (Wildman–Crippen MR) is 96.1 cm³/mol. The molecule has 25 heavy (non-hydrogen) atoms. The third-order valence-electron chi connectivity index (χ3n) is 3.41. The van der Waals surface area contributed by atoms with Gasteiger partial charge < -0.3 is 20.3 Å². The summed E-state index contributed by atoms with van der Waals surface area (Å²) in [6.07, 6.45) is 0. The summed E-state index contributed by atoms with van der Waals surface area (Å²) in [4.78, 5) is 30.6. The number of nitrogens with zero attached hydrogens (tertiary/aromatic N) is 2. The molecule has 2 amide bonds. The molecule has 0 atom stereocenters. The Labute approximate surface area is 147 Å². The van der Waals surface area contributed by atoms with Gasteiger partial charge in [0.2, 0.25) is 0 Å². The van der Waals surface area contributed by atoms with Gasteiger partial charge >= 0.3 is 0 Å². The number of rotatable bonds is 7. The molecule has 7 nitrogen and oxygen atoms in total. The van der Waals surface area contributed by atoms with E-state index in [-0.39, 0.29) is 17.3 Å². The van der Waals surface area contributed by atoms with Crippen molar-refractivity contribution in [3.63, 3.8) is 0 Å². The molecule has 2 aromatic rings. The van der Waals surface area contributed by atoms with E-state index in [1.165, 1.54) is 7.11 Å². The minimum absolute atomic E-state index is 0.158. The molecular weight excluding hydrogens is 320 g/mol. The number of carbonyl (C=O) groups excluding carboxylic acids is 2. The fourth-order valence-corrected chi connectivity index (χ4v) is 2.11. The van der Waals surface area contributed by atoms with Crippen LogP contribution in [0.1, 0.15) is 21.0 Å². The van der Waals surface area contributed by atoms with Crippen LogP contribution in [0.4, 0.5) is 5.69 Å². The van der Waals surface area contributed by atoms with E-state index in [0.29, 0.717) is 18.0 Å². The Morgan fingerprint density at radius 1 is 1.04 bits per heavy atom. The van der Waals surface area contributed by atoms with E-state index in [0.717, 1.165) is 6.54 Å². The molecular formula is C18H22N4O3. The minimum atomic E-state index is -0.410. The van der Waals surface area contributed by atoms with Gasteiger partial charge in [-0.15, -0.1) is 0 Å². The van der Waals surface area contributed by atoms with Crippen molar-refractivity contribution < 1.29 is 14.3 Å². The number of nitrogens with one attached hydrogen (secondary N) is 2. The quantitative estimate of drug-likeness (QED) is 0.799. The number of pyridine rings is 1. The molecule has 7 heteroatoms. The molecule has 1 heterocycles. The molecule has 2 N–H and O–H groups in total. The maximum absolute atomic E-state index is 12.4. The first-order valence-electron chi connectivity index (χ1n) is 7.85. The molecule has 2 rings (SSSR count). The molecule has 0 aliphatic carbocycles. The van der Waals surface area contributed by atoms with Crippen molar-refractivity contribution in [2.45, 2.75) is 0 Å². The lowest BCUT2D eigenvalue weighted by molar-refractivity contribution is 0.0946. The van der Waals surface area contributed by atoms with Gasteiger partial charge in [0.25, 0.3) is 11.8 Å². The van der Waals surface area contributed by atoms with Crippen molar-refractivity contribution in [2.24, 2.45) is 0 Å². The number of hydrogen-bond donors (Lipinski definition) is 2. The highest BCUT2D eigenvalue weighted by molar-refractivity contribution is 6.04. The molecule has 0 spiro atoms.